The SMILES string of the molecule is O=C(NCC1CCOCC1)c1cccc(Br)c1Cl. The molecule has 1 N–H and O–H groups in total. The topological polar surface area (TPSA) is 38.3 Å². The molecule has 0 saturated carbocycles. The molecule has 18 heavy (non-hydrogen) atoms. The highest BCUT2D eigenvalue weighted by Gasteiger charge is 2.17. The van der Waals surface area contributed by atoms with Crippen molar-refractivity contribution in [3.63, 3.8) is 0 Å². The van der Waals surface area contributed by atoms with Crippen LogP contribution in [-0.4, -0.2) is 25.7 Å². The molecule has 1 aliphatic rings. The molecule has 0 unspecified atom stereocenters. The number of carbonyl (C=O) groups excluding carboxylic acids is 1. The molecule has 0 atom stereocenters. The molecule has 98 valence electrons. The van der Waals surface area contributed by atoms with Gasteiger partial charge in [0.2, 0.25) is 0 Å². The molecule has 0 radical (unpaired) electrons. The summed E-state index contributed by atoms with van der Waals surface area (Å²) >= 11 is 9.40. The third kappa shape index (κ3) is 3.46. The van der Waals surface area contributed by atoms with Gasteiger partial charge in [0.1, 0.15) is 0 Å². The predicted octanol–water partition coefficient (Wildman–Crippen LogP) is 3.26. The Labute approximate surface area is 120 Å². The first kappa shape index (κ1) is 13.8. The maximum absolute atomic E-state index is 12.0. The van der Waals surface area contributed by atoms with E-state index in [1.165, 1.54) is 0 Å². The molecule has 1 fully saturated rings. The van der Waals surface area contributed by atoms with Gasteiger partial charge in [-0.25, -0.2) is 0 Å². The molecule has 0 aliphatic carbocycles. The van der Waals surface area contributed by atoms with Gasteiger partial charge in [-0.3, -0.25) is 4.79 Å². The van der Waals surface area contributed by atoms with Crippen LogP contribution in [0.15, 0.2) is 22.7 Å². The van der Waals surface area contributed by atoms with E-state index in [9.17, 15) is 4.79 Å². The molecule has 2 rings (SSSR count). The lowest BCUT2D eigenvalue weighted by Gasteiger charge is -2.22. The second-order valence-corrected chi connectivity index (χ2v) is 5.60. The lowest BCUT2D eigenvalue weighted by atomic mass is 10.0. The fourth-order valence-electron chi connectivity index (χ4n) is 1.96. The maximum atomic E-state index is 12.0. The smallest absolute Gasteiger partial charge is 0.252 e. The number of ether oxygens (including phenoxy) is 1. The Morgan fingerprint density at radius 3 is 2.89 bits per heavy atom. The van der Waals surface area contributed by atoms with Crippen LogP contribution in [0.3, 0.4) is 0 Å². The van der Waals surface area contributed by atoms with E-state index < -0.39 is 0 Å². The van der Waals surface area contributed by atoms with Crippen molar-refractivity contribution in [1.82, 2.24) is 5.32 Å². The van der Waals surface area contributed by atoms with Gasteiger partial charge in [0, 0.05) is 24.2 Å². The minimum absolute atomic E-state index is 0.118. The van der Waals surface area contributed by atoms with Crippen LogP contribution < -0.4 is 5.32 Å². The molecule has 0 aromatic heterocycles. The summed E-state index contributed by atoms with van der Waals surface area (Å²) in [7, 11) is 0. The van der Waals surface area contributed by atoms with Gasteiger partial charge >= 0.3 is 0 Å². The zero-order valence-electron chi connectivity index (χ0n) is 9.92. The number of rotatable bonds is 3. The third-order valence-corrected chi connectivity index (χ3v) is 4.38. The molecule has 1 aromatic carbocycles. The summed E-state index contributed by atoms with van der Waals surface area (Å²) < 4.78 is 6.02. The first-order valence-corrected chi connectivity index (χ1v) is 7.15. The zero-order chi connectivity index (χ0) is 13.0. The zero-order valence-corrected chi connectivity index (χ0v) is 12.3. The van der Waals surface area contributed by atoms with Crippen LogP contribution in [-0.2, 0) is 4.74 Å². The molecule has 1 aromatic rings. The van der Waals surface area contributed by atoms with Crippen LogP contribution >= 0.6 is 27.5 Å². The van der Waals surface area contributed by atoms with E-state index in [1.807, 2.05) is 6.07 Å². The van der Waals surface area contributed by atoms with Gasteiger partial charge in [-0.2, -0.15) is 0 Å². The summed E-state index contributed by atoms with van der Waals surface area (Å²) in [5.41, 5.74) is 0.512. The highest BCUT2D eigenvalue weighted by molar-refractivity contribution is 9.10. The summed E-state index contributed by atoms with van der Waals surface area (Å²) in [6.07, 6.45) is 2.01. The van der Waals surface area contributed by atoms with Gasteiger partial charge in [-0.15, -0.1) is 0 Å². The Kier molecular flexibility index (Phi) is 5.03. The van der Waals surface area contributed by atoms with E-state index in [0.29, 0.717) is 23.0 Å². The number of benzene rings is 1. The molecular formula is C13H15BrClNO2. The third-order valence-electron chi connectivity index (χ3n) is 3.09. The normalized spacial score (nSPS) is 16.6. The molecule has 5 heteroatoms. The summed E-state index contributed by atoms with van der Waals surface area (Å²) in [4.78, 5) is 12.0. The molecular weight excluding hydrogens is 318 g/mol. The van der Waals surface area contributed by atoms with Gasteiger partial charge < -0.3 is 10.1 Å². The van der Waals surface area contributed by atoms with E-state index in [2.05, 4.69) is 21.2 Å². The van der Waals surface area contributed by atoms with E-state index in [4.69, 9.17) is 16.3 Å². The van der Waals surface area contributed by atoms with Crippen molar-refractivity contribution in [1.29, 1.82) is 0 Å². The Bertz CT molecular complexity index is 433. The molecule has 1 saturated heterocycles. The van der Waals surface area contributed by atoms with Gasteiger partial charge in [0.15, 0.2) is 0 Å². The monoisotopic (exact) mass is 331 g/mol. The lowest BCUT2D eigenvalue weighted by Crippen LogP contribution is -2.32. The minimum atomic E-state index is -0.118. The van der Waals surface area contributed by atoms with E-state index in [-0.39, 0.29) is 5.91 Å². The number of carbonyl (C=O) groups is 1. The first-order valence-electron chi connectivity index (χ1n) is 5.98. The maximum Gasteiger partial charge on any atom is 0.252 e. The Hall–Kier alpha value is -0.580. The van der Waals surface area contributed by atoms with Crippen LogP contribution in [0.25, 0.3) is 0 Å². The number of hydrogen-bond donors (Lipinski definition) is 1. The van der Waals surface area contributed by atoms with Crippen molar-refractivity contribution in [2.45, 2.75) is 12.8 Å². The second-order valence-electron chi connectivity index (χ2n) is 4.37. The van der Waals surface area contributed by atoms with Crippen molar-refractivity contribution in [3.05, 3.63) is 33.3 Å². The Balaban J connectivity index is 1.93. The van der Waals surface area contributed by atoms with Crippen LogP contribution in [0.1, 0.15) is 23.2 Å². The average Bonchev–Trinajstić information content (AvgIpc) is 2.40. The van der Waals surface area contributed by atoms with Crippen LogP contribution in [0.2, 0.25) is 5.02 Å². The van der Waals surface area contributed by atoms with Gasteiger partial charge in [0.05, 0.1) is 10.6 Å². The average molecular weight is 333 g/mol. The summed E-state index contributed by atoms with van der Waals surface area (Å²) in [5, 5.41) is 3.40. The fraction of sp³-hybridized carbons (Fsp3) is 0.462. The number of hydrogen-bond acceptors (Lipinski definition) is 2. The van der Waals surface area contributed by atoms with Crippen molar-refractivity contribution in [2.75, 3.05) is 19.8 Å². The van der Waals surface area contributed by atoms with E-state index in [1.54, 1.807) is 12.1 Å². The highest BCUT2D eigenvalue weighted by atomic mass is 79.9. The Morgan fingerprint density at radius 2 is 2.17 bits per heavy atom. The van der Waals surface area contributed by atoms with Gasteiger partial charge in [0.25, 0.3) is 5.91 Å². The molecule has 1 amide bonds. The lowest BCUT2D eigenvalue weighted by molar-refractivity contribution is 0.0642. The fourth-order valence-corrected chi connectivity index (χ4v) is 2.54. The largest absolute Gasteiger partial charge is 0.381 e. The standard InChI is InChI=1S/C13H15BrClNO2/c14-11-3-1-2-10(12(11)15)13(17)16-8-9-4-6-18-7-5-9/h1-3,9H,4-8H2,(H,16,17). The predicted molar refractivity (Wildman–Crippen MR) is 75.0 cm³/mol. The van der Waals surface area contributed by atoms with Crippen LogP contribution in [0, 0.1) is 5.92 Å². The number of amides is 1. The molecule has 3 nitrogen and oxygen atoms in total. The quantitative estimate of drug-likeness (QED) is 0.922. The summed E-state index contributed by atoms with van der Waals surface area (Å²) in [6.45, 7) is 2.27. The van der Waals surface area contributed by atoms with Crippen molar-refractivity contribution in [2.24, 2.45) is 5.92 Å². The number of nitrogens with one attached hydrogen (secondary N) is 1. The van der Waals surface area contributed by atoms with Crippen LogP contribution in [0.4, 0.5) is 0 Å². The van der Waals surface area contributed by atoms with Crippen molar-refractivity contribution < 1.29 is 9.53 Å². The highest BCUT2D eigenvalue weighted by Crippen LogP contribution is 2.26. The van der Waals surface area contributed by atoms with E-state index in [0.717, 1.165) is 30.5 Å². The van der Waals surface area contributed by atoms with Crippen molar-refractivity contribution in [3.8, 4) is 0 Å². The van der Waals surface area contributed by atoms with Crippen molar-refractivity contribution >= 4 is 33.4 Å². The Morgan fingerprint density at radius 1 is 1.44 bits per heavy atom. The summed E-state index contributed by atoms with van der Waals surface area (Å²) in [6, 6.07) is 5.35. The van der Waals surface area contributed by atoms with E-state index >= 15 is 0 Å². The summed E-state index contributed by atoms with van der Waals surface area (Å²) in [5.74, 6) is 0.390. The molecule has 1 heterocycles. The first-order chi connectivity index (χ1) is 8.68. The van der Waals surface area contributed by atoms with Gasteiger partial charge in [-0.05, 0) is 46.8 Å². The molecule has 0 bridgehead atoms. The molecule has 0 spiro atoms. The van der Waals surface area contributed by atoms with Gasteiger partial charge in [-0.1, -0.05) is 17.7 Å². The number of halogens is 2. The van der Waals surface area contributed by atoms with Crippen LogP contribution in [0.5, 0.6) is 0 Å². The molecule has 1 aliphatic heterocycles. The second kappa shape index (κ2) is 6.55. The minimum Gasteiger partial charge on any atom is -0.381 e.